The summed E-state index contributed by atoms with van der Waals surface area (Å²) in [5, 5.41) is 3.43. The highest BCUT2D eigenvalue weighted by Gasteiger charge is 2.17. The molecular weight excluding hydrogens is 246 g/mol. The average Bonchev–Trinajstić information content (AvgIpc) is 2.46. The van der Waals surface area contributed by atoms with Crippen LogP contribution in [0.3, 0.4) is 0 Å². The number of hydrogen-bond acceptors (Lipinski definition) is 3. The Bertz CT molecular complexity index is 395. The van der Waals surface area contributed by atoms with Gasteiger partial charge in [0.25, 0.3) is 0 Å². The summed E-state index contributed by atoms with van der Waals surface area (Å²) in [7, 11) is 0. The molecule has 1 N–H and O–H groups in total. The van der Waals surface area contributed by atoms with Crippen molar-refractivity contribution in [3.8, 4) is 0 Å². The third-order valence-corrected chi connectivity index (χ3v) is 4.23. The lowest BCUT2D eigenvalue weighted by Crippen LogP contribution is -2.33. The smallest absolute Gasteiger partial charge is 0.0547 e. The summed E-state index contributed by atoms with van der Waals surface area (Å²) in [6.07, 6.45) is 4.04. The molecule has 3 heteroatoms. The molecule has 0 spiro atoms. The monoisotopic (exact) mass is 275 g/mol. The van der Waals surface area contributed by atoms with Gasteiger partial charge in [-0.1, -0.05) is 33.3 Å². The lowest BCUT2D eigenvalue weighted by molar-refractivity contribution is 0.173. The fraction of sp³-hybridized carbons (Fsp3) is 0.706. The van der Waals surface area contributed by atoms with Crippen LogP contribution >= 0.6 is 0 Å². The first kappa shape index (κ1) is 15.5. The molecule has 112 valence electrons. The highest BCUT2D eigenvalue weighted by molar-refractivity contribution is 5.11. The molecule has 0 saturated carbocycles. The van der Waals surface area contributed by atoms with Crippen LogP contribution in [-0.2, 0) is 13.1 Å². The summed E-state index contributed by atoms with van der Waals surface area (Å²) in [6, 6.07) is 6.92. The molecule has 1 aromatic heterocycles. The van der Waals surface area contributed by atoms with E-state index in [1.165, 1.54) is 38.0 Å². The van der Waals surface area contributed by atoms with Crippen LogP contribution in [0.4, 0.5) is 0 Å². The second kappa shape index (κ2) is 7.75. The summed E-state index contributed by atoms with van der Waals surface area (Å²) >= 11 is 0. The van der Waals surface area contributed by atoms with Crippen molar-refractivity contribution in [1.29, 1.82) is 0 Å². The maximum absolute atomic E-state index is 4.77. The van der Waals surface area contributed by atoms with Crippen LogP contribution in [0.15, 0.2) is 18.2 Å². The van der Waals surface area contributed by atoms with Gasteiger partial charge in [-0.3, -0.25) is 9.88 Å². The molecular formula is C17H29N3. The number of hydrogen-bond donors (Lipinski definition) is 1. The van der Waals surface area contributed by atoms with Gasteiger partial charge >= 0.3 is 0 Å². The molecule has 0 unspecified atom stereocenters. The van der Waals surface area contributed by atoms with E-state index in [2.05, 4.69) is 49.2 Å². The van der Waals surface area contributed by atoms with E-state index in [0.29, 0.717) is 6.04 Å². The van der Waals surface area contributed by atoms with Gasteiger partial charge in [0.05, 0.1) is 11.4 Å². The number of aromatic nitrogens is 1. The first-order chi connectivity index (χ1) is 9.67. The number of nitrogens with zero attached hydrogens (tertiary/aromatic N) is 2. The van der Waals surface area contributed by atoms with Crippen LogP contribution < -0.4 is 5.32 Å². The van der Waals surface area contributed by atoms with E-state index >= 15 is 0 Å². The highest BCUT2D eigenvalue weighted by atomic mass is 15.1. The second-order valence-electron chi connectivity index (χ2n) is 6.28. The van der Waals surface area contributed by atoms with Gasteiger partial charge in [0.15, 0.2) is 0 Å². The Hall–Kier alpha value is -0.930. The molecule has 1 fully saturated rings. The molecule has 3 nitrogen and oxygen atoms in total. The van der Waals surface area contributed by atoms with E-state index in [0.717, 1.165) is 24.7 Å². The maximum Gasteiger partial charge on any atom is 0.0547 e. The van der Waals surface area contributed by atoms with E-state index in [-0.39, 0.29) is 0 Å². The first-order valence-corrected chi connectivity index (χ1v) is 8.08. The second-order valence-corrected chi connectivity index (χ2v) is 6.28. The number of piperidine rings is 1. The van der Waals surface area contributed by atoms with Crippen molar-refractivity contribution in [3.05, 3.63) is 29.6 Å². The Morgan fingerprint density at radius 2 is 1.95 bits per heavy atom. The van der Waals surface area contributed by atoms with E-state index in [9.17, 15) is 0 Å². The fourth-order valence-electron chi connectivity index (χ4n) is 2.81. The van der Waals surface area contributed by atoms with Gasteiger partial charge in [-0.2, -0.15) is 0 Å². The number of likely N-dealkylation sites (tertiary alicyclic amines) is 1. The SMILES string of the molecule is CCC1CCN(Cc2cccc(CNC(C)C)n2)CC1. The first-order valence-electron chi connectivity index (χ1n) is 8.08. The molecule has 0 atom stereocenters. The number of pyridine rings is 1. The minimum Gasteiger partial charge on any atom is -0.309 e. The van der Waals surface area contributed by atoms with Gasteiger partial charge in [-0.05, 0) is 44.0 Å². The zero-order valence-electron chi connectivity index (χ0n) is 13.2. The van der Waals surface area contributed by atoms with Crippen LogP contribution in [0.2, 0.25) is 0 Å². The summed E-state index contributed by atoms with van der Waals surface area (Å²) in [4.78, 5) is 7.32. The molecule has 0 aromatic carbocycles. The van der Waals surface area contributed by atoms with Crippen molar-refractivity contribution in [1.82, 2.24) is 15.2 Å². The Balaban J connectivity index is 1.85. The van der Waals surface area contributed by atoms with Gasteiger partial charge in [-0.25, -0.2) is 0 Å². The minimum atomic E-state index is 0.508. The molecule has 2 heterocycles. The number of nitrogens with one attached hydrogen (secondary N) is 1. The predicted molar refractivity (Wildman–Crippen MR) is 84.5 cm³/mol. The van der Waals surface area contributed by atoms with Crippen LogP contribution in [0, 0.1) is 5.92 Å². The Morgan fingerprint density at radius 1 is 1.25 bits per heavy atom. The van der Waals surface area contributed by atoms with Crippen molar-refractivity contribution in [2.45, 2.75) is 59.2 Å². The van der Waals surface area contributed by atoms with Crippen molar-refractivity contribution in [3.63, 3.8) is 0 Å². The van der Waals surface area contributed by atoms with Crippen LogP contribution in [0.5, 0.6) is 0 Å². The van der Waals surface area contributed by atoms with Crippen LogP contribution in [-0.4, -0.2) is 29.0 Å². The topological polar surface area (TPSA) is 28.2 Å². The van der Waals surface area contributed by atoms with Gasteiger partial charge in [0, 0.05) is 19.1 Å². The molecule has 0 bridgehead atoms. The molecule has 1 saturated heterocycles. The standard InChI is InChI=1S/C17H29N3/c1-4-15-8-10-20(11-9-15)13-17-7-5-6-16(19-17)12-18-14(2)3/h5-7,14-15,18H,4,8-13H2,1-3H3. The summed E-state index contributed by atoms with van der Waals surface area (Å²) in [6.45, 7) is 11.0. The fourth-order valence-corrected chi connectivity index (χ4v) is 2.81. The quantitative estimate of drug-likeness (QED) is 0.864. The third kappa shape index (κ3) is 4.88. The maximum atomic E-state index is 4.77. The normalized spacial score (nSPS) is 17.8. The lowest BCUT2D eigenvalue weighted by Gasteiger charge is -2.31. The van der Waals surface area contributed by atoms with Crippen molar-refractivity contribution >= 4 is 0 Å². The Labute approximate surface area is 123 Å². The third-order valence-electron chi connectivity index (χ3n) is 4.23. The molecule has 20 heavy (non-hydrogen) atoms. The van der Waals surface area contributed by atoms with Gasteiger partial charge in [0.2, 0.25) is 0 Å². The Kier molecular flexibility index (Phi) is 5.99. The Morgan fingerprint density at radius 3 is 2.60 bits per heavy atom. The van der Waals surface area contributed by atoms with E-state index in [1.807, 2.05) is 0 Å². The lowest BCUT2D eigenvalue weighted by atomic mass is 9.94. The van der Waals surface area contributed by atoms with Gasteiger partial charge < -0.3 is 5.32 Å². The average molecular weight is 275 g/mol. The van der Waals surface area contributed by atoms with Crippen LogP contribution in [0.25, 0.3) is 0 Å². The molecule has 1 aliphatic heterocycles. The molecule has 1 aromatic rings. The summed E-state index contributed by atoms with van der Waals surface area (Å²) in [5.74, 6) is 0.945. The number of rotatable bonds is 6. The van der Waals surface area contributed by atoms with E-state index in [1.54, 1.807) is 0 Å². The summed E-state index contributed by atoms with van der Waals surface area (Å²) < 4.78 is 0. The molecule has 0 radical (unpaired) electrons. The zero-order chi connectivity index (χ0) is 14.4. The van der Waals surface area contributed by atoms with Gasteiger partial charge in [-0.15, -0.1) is 0 Å². The predicted octanol–water partition coefficient (Wildman–Crippen LogP) is 3.20. The zero-order valence-corrected chi connectivity index (χ0v) is 13.2. The van der Waals surface area contributed by atoms with Crippen molar-refractivity contribution in [2.75, 3.05) is 13.1 Å². The minimum absolute atomic E-state index is 0.508. The van der Waals surface area contributed by atoms with E-state index < -0.39 is 0 Å². The largest absolute Gasteiger partial charge is 0.309 e. The van der Waals surface area contributed by atoms with E-state index in [4.69, 9.17) is 4.98 Å². The van der Waals surface area contributed by atoms with Crippen molar-refractivity contribution in [2.24, 2.45) is 5.92 Å². The highest BCUT2D eigenvalue weighted by Crippen LogP contribution is 2.20. The van der Waals surface area contributed by atoms with Crippen molar-refractivity contribution < 1.29 is 0 Å². The molecule has 1 aliphatic rings. The summed E-state index contributed by atoms with van der Waals surface area (Å²) in [5.41, 5.74) is 2.36. The molecule has 0 amide bonds. The van der Waals surface area contributed by atoms with Crippen LogP contribution in [0.1, 0.15) is 51.4 Å². The molecule has 2 rings (SSSR count). The van der Waals surface area contributed by atoms with Gasteiger partial charge in [0.1, 0.15) is 0 Å². The molecule has 0 aliphatic carbocycles.